The number of anilines is 2. The predicted molar refractivity (Wildman–Crippen MR) is 55.1 cm³/mol. The molecule has 3 heteroatoms. The molecule has 0 aliphatic heterocycles. The quantitative estimate of drug-likeness (QED) is 0.576. The normalized spacial score (nSPS) is 10.2. The van der Waals surface area contributed by atoms with Crippen LogP contribution in [0.2, 0.25) is 0 Å². The first kappa shape index (κ1) is 7.73. The fourth-order valence-corrected chi connectivity index (χ4v) is 1.31. The molecule has 0 spiro atoms. The van der Waals surface area contributed by atoms with Crippen molar-refractivity contribution in [2.75, 3.05) is 11.5 Å². The molecule has 0 aliphatic rings. The lowest BCUT2D eigenvalue weighted by Gasteiger charge is -2.04. The maximum atomic E-state index is 5.81. The van der Waals surface area contributed by atoms with E-state index in [0.29, 0.717) is 0 Å². The Bertz CT molecular complexity index is 404. The standard InChI is InChI=1S/C10H11N3/c11-7-3-4-9(12)8(6-7)10-2-1-5-13-10/h1-6,13H,11-12H2. The summed E-state index contributed by atoms with van der Waals surface area (Å²) in [6.07, 6.45) is 1.86. The van der Waals surface area contributed by atoms with E-state index in [4.69, 9.17) is 11.5 Å². The lowest BCUT2D eigenvalue weighted by molar-refractivity contribution is 1.40. The van der Waals surface area contributed by atoms with Crippen molar-refractivity contribution < 1.29 is 0 Å². The summed E-state index contributed by atoms with van der Waals surface area (Å²) in [6, 6.07) is 9.36. The van der Waals surface area contributed by atoms with Crippen LogP contribution in [0.5, 0.6) is 0 Å². The molecule has 5 N–H and O–H groups in total. The van der Waals surface area contributed by atoms with Crippen molar-refractivity contribution in [3.05, 3.63) is 36.5 Å². The fourth-order valence-electron chi connectivity index (χ4n) is 1.31. The minimum atomic E-state index is 0.721. The molecule has 1 aromatic heterocycles. The van der Waals surface area contributed by atoms with Crippen LogP contribution in [0, 0.1) is 0 Å². The lowest BCUT2D eigenvalue weighted by atomic mass is 10.1. The second-order valence-corrected chi connectivity index (χ2v) is 2.93. The van der Waals surface area contributed by atoms with Crippen LogP contribution in [0.4, 0.5) is 11.4 Å². The minimum absolute atomic E-state index is 0.721. The average Bonchev–Trinajstić information content (AvgIpc) is 2.61. The zero-order valence-corrected chi connectivity index (χ0v) is 7.12. The summed E-state index contributed by atoms with van der Waals surface area (Å²) in [5, 5.41) is 0. The second-order valence-electron chi connectivity index (χ2n) is 2.93. The molecule has 0 bridgehead atoms. The van der Waals surface area contributed by atoms with E-state index in [9.17, 15) is 0 Å². The van der Waals surface area contributed by atoms with Crippen LogP contribution in [0.25, 0.3) is 11.3 Å². The highest BCUT2D eigenvalue weighted by Crippen LogP contribution is 2.25. The van der Waals surface area contributed by atoms with Crippen molar-refractivity contribution in [3.8, 4) is 11.3 Å². The molecule has 13 heavy (non-hydrogen) atoms. The molecule has 1 heterocycles. The van der Waals surface area contributed by atoms with Gasteiger partial charge in [-0.2, -0.15) is 0 Å². The first-order valence-corrected chi connectivity index (χ1v) is 4.06. The van der Waals surface area contributed by atoms with Gasteiger partial charge in [-0.1, -0.05) is 0 Å². The molecule has 0 saturated heterocycles. The van der Waals surface area contributed by atoms with Gasteiger partial charge in [0.1, 0.15) is 0 Å². The molecule has 2 rings (SSSR count). The molecule has 3 nitrogen and oxygen atoms in total. The average molecular weight is 173 g/mol. The predicted octanol–water partition coefficient (Wildman–Crippen LogP) is 1.85. The Hall–Kier alpha value is -1.90. The van der Waals surface area contributed by atoms with Gasteiger partial charge >= 0.3 is 0 Å². The van der Waals surface area contributed by atoms with Gasteiger partial charge in [0.05, 0.1) is 0 Å². The number of H-pyrrole nitrogens is 1. The van der Waals surface area contributed by atoms with Crippen molar-refractivity contribution in [2.45, 2.75) is 0 Å². The van der Waals surface area contributed by atoms with Gasteiger partial charge in [0, 0.05) is 28.8 Å². The van der Waals surface area contributed by atoms with E-state index in [-0.39, 0.29) is 0 Å². The third-order valence-electron chi connectivity index (χ3n) is 1.97. The summed E-state index contributed by atoms with van der Waals surface area (Å²) in [6.45, 7) is 0. The van der Waals surface area contributed by atoms with E-state index < -0.39 is 0 Å². The van der Waals surface area contributed by atoms with E-state index in [1.165, 1.54) is 0 Å². The second kappa shape index (κ2) is 2.86. The van der Waals surface area contributed by atoms with Gasteiger partial charge in [0.15, 0.2) is 0 Å². The molecule has 1 aromatic carbocycles. The van der Waals surface area contributed by atoms with E-state index in [0.717, 1.165) is 22.6 Å². The van der Waals surface area contributed by atoms with E-state index in [1.54, 1.807) is 6.07 Å². The summed E-state index contributed by atoms with van der Waals surface area (Å²) in [5.74, 6) is 0. The molecule has 2 aromatic rings. The number of nitrogens with two attached hydrogens (primary N) is 2. The molecule has 66 valence electrons. The monoisotopic (exact) mass is 173 g/mol. The number of hydrogen-bond acceptors (Lipinski definition) is 2. The number of benzene rings is 1. The van der Waals surface area contributed by atoms with E-state index >= 15 is 0 Å². The summed E-state index contributed by atoms with van der Waals surface area (Å²) < 4.78 is 0. The maximum absolute atomic E-state index is 5.81. The van der Waals surface area contributed by atoms with Crippen LogP contribution < -0.4 is 11.5 Å². The highest BCUT2D eigenvalue weighted by molar-refractivity contribution is 5.76. The lowest BCUT2D eigenvalue weighted by Crippen LogP contribution is -1.92. The summed E-state index contributed by atoms with van der Waals surface area (Å²) >= 11 is 0. The van der Waals surface area contributed by atoms with E-state index in [1.807, 2.05) is 30.5 Å². The zero-order chi connectivity index (χ0) is 9.26. The topological polar surface area (TPSA) is 67.8 Å². The van der Waals surface area contributed by atoms with Crippen LogP contribution >= 0.6 is 0 Å². The number of rotatable bonds is 1. The minimum Gasteiger partial charge on any atom is -0.399 e. The molecule has 0 atom stereocenters. The maximum Gasteiger partial charge on any atom is 0.0475 e. The van der Waals surface area contributed by atoms with Crippen LogP contribution in [0.1, 0.15) is 0 Å². The zero-order valence-electron chi connectivity index (χ0n) is 7.12. The summed E-state index contributed by atoms with van der Waals surface area (Å²) in [7, 11) is 0. The van der Waals surface area contributed by atoms with Gasteiger partial charge in [-0.15, -0.1) is 0 Å². The molecular formula is C10H11N3. The molecule has 0 unspecified atom stereocenters. The fraction of sp³-hybridized carbons (Fsp3) is 0. The number of aromatic amines is 1. The van der Waals surface area contributed by atoms with E-state index in [2.05, 4.69) is 4.98 Å². The number of aromatic nitrogens is 1. The Balaban J connectivity index is 2.57. The SMILES string of the molecule is Nc1ccc(N)c(-c2ccc[nH]2)c1. The highest BCUT2D eigenvalue weighted by Gasteiger charge is 2.02. The van der Waals surface area contributed by atoms with Gasteiger partial charge in [0.25, 0.3) is 0 Å². The largest absolute Gasteiger partial charge is 0.399 e. The molecule has 0 fully saturated rings. The molecule has 0 saturated carbocycles. The van der Waals surface area contributed by atoms with Crippen LogP contribution in [-0.2, 0) is 0 Å². The third-order valence-corrected chi connectivity index (χ3v) is 1.97. The van der Waals surface area contributed by atoms with Gasteiger partial charge in [-0.3, -0.25) is 0 Å². The van der Waals surface area contributed by atoms with Crippen LogP contribution in [-0.4, -0.2) is 4.98 Å². The molecule has 0 radical (unpaired) electrons. The Kier molecular flexibility index (Phi) is 1.70. The highest BCUT2D eigenvalue weighted by atomic mass is 14.7. The van der Waals surface area contributed by atoms with Crippen molar-refractivity contribution in [2.24, 2.45) is 0 Å². The molecule has 0 amide bonds. The van der Waals surface area contributed by atoms with Crippen LogP contribution in [0.15, 0.2) is 36.5 Å². The van der Waals surface area contributed by atoms with Crippen LogP contribution in [0.3, 0.4) is 0 Å². The number of hydrogen-bond donors (Lipinski definition) is 3. The molecule has 0 aliphatic carbocycles. The first-order chi connectivity index (χ1) is 6.27. The molecular weight excluding hydrogens is 162 g/mol. The smallest absolute Gasteiger partial charge is 0.0475 e. The Morgan fingerprint density at radius 3 is 2.62 bits per heavy atom. The number of nitrogens with one attached hydrogen (secondary N) is 1. The Labute approximate surface area is 76.4 Å². The summed E-state index contributed by atoms with van der Waals surface area (Å²) in [4.78, 5) is 3.09. The Morgan fingerprint density at radius 1 is 1.08 bits per heavy atom. The van der Waals surface area contributed by atoms with Crippen molar-refractivity contribution in [1.29, 1.82) is 0 Å². The van der Waals surface area contributed by atoms with Crippen molar-refractivity contribution in [1.82, 2.24) is 4.98 Å². The van der Waals surface area contributed by atoms with Crippen molar-refractivity contribution in [3.63, 3.8) is 0 Å². The first-order valence-electron chi connectivity index (χ1n) is 4.06. The third kappa shape index (κ3) is 1.36. The van der Waals surface area contributed by atoms with Gasteiger partial charge in [-0.05, 0) is 30.3 Å². The van der Waals surface area contributed by atoms with Gasteiger partial charge in [0.2, 0.25) is 0 Å². The number of nitrogen functional groups attached to an aromatic ring is 2. The Morgan fingerprint density at radius 2 is 1.92 bits per heavy atom. The summed E-state index contributed by atoms with van der Waals surface area (Å²) in [5.41, 5.74) is 14.9. The van der Waals surface area contributed by atoms with Crippen molar-refractivity contribution >= 4 is 11.4 Å². The van der Waals surface area contributed by atoms with Gasteiger partial charge in [-0.25, -0.2) is 0 Å². The van der Waals surface area contributed by atoms with Gasteiger partial charge < -0.3 is 16.5 Å².